The molecule has 94 valence electrons. The lowest BCUT2D eigenvalue weighted by atomic mass is 10.1. The second-order valence-corrected chi connectivity index (χ2v) is 4.64. The van der Waals surface area contributed by atoms with E-state index in [4.69, 9.17) is 4.74 Å². The molecule has 0 saturated carbocycles. The third-order valence-corrected chi connectivity index (χ3v) is 2.63. The standard InChI is InChI=1S/C12H23N2O.ClH/c1-5-6-7-13-8-9-14(11-13)10-12(2,3)15-4;/h8-9,11H,5-7,10H2,1-4H3;1H/q+1;/p-1. The molecule has 1 aromatic rings. The van der Waals surface area contributed by atoms with Crippen molar-refractivity contribution in [3.8, 4) is 0 Å². The molecule has 0 fully saturated rings. The van der Waals surface area contributed by atoms with E-state index in [9.17, 15) is 0 Å². The highest BCUT2D eigenvalue weighted by Crippen LogP contribution is 2.06. The third kappa shape index (κ3) is 4.99. The molecule has 3 nitrogen and oxygen atoms in total. The number of hydrogen-bond acceptors (Lipinski definition) is 1. The molecule has 1 rings (SSSR count). The molecule has 0 saturated heterocycles. The summed E-state index contributed by atoms with van der Waals surface area (Å²) in [6, 6.07) is 0. The van der Waals surface area contributed by atoms with Crippen LogP contribution in [0.15, 0.2) is 18.7 Å². The summed E-state index contributed by atoms with van der Waals surface area (Å²) in [4.78, 5) is 0. The van der Waals surface area contributed by atoms with Crippen LogP contribution < -0.4 is 17.0 Å². The molecule has 0 amide bonds. The zero-order valence-corrected chi connectivity index (χ0v) is 11.5. The highest BCUT2D eigenvalue weighted by molar-refractivity contribution is 4.68. The number of unbranched alkanes of at least 4 members (excludes halogenated alkanes) is 1. The molecule has 0 aliphatic heterocycles. The molecule has 0 aliphatic rings. The smallest absolute Gasteiger partial charge is 0.243 e. The number of ether oxygens (including phenoxy) is 1. The number of aryl methyl sites for hydroxylation is 1. The van der Waals surface area contributed by atoms with Gasteiger partial charge in [0.05, 0.1) is 12.1 Å². The molecular formula is C12H23ClN2O. The van der Waals surface area contributed by atoms with Gasteiger partial charge >= 0.3 is 0 Å². The van der Waals surface area contributed by atoms with Crippen LogP contribution in [-0.4, -0.2) is 17.3 Å². The Hall–Kier alpha value is -0.540. The largest absolute Gasteiger partial charge is 1.00 e. The average Bonchev–Trinajstić information content (AvgIpc) is 2.62. The first kappa shape index (κ1) is 15.5. The van der Waals surface area contributed by atoms with Crippen LogP contribution in [0.3, 0.4) is 0 Å². The van der Waals surface area contributed by atoms with Crippen LogP contribution in [0.5, 0.6) is 0 Å². The Labute approximate surface area is 105 Å². The highest BCUT2D eigenvalue weighted by atomic mass is 35.5. The number of hydrogen-bond donors (Lipinski definition) is 0. The topological polar surface area (TPSA) is 18.0 Å². The van der Waals surface area contributed by atoms with Gasteiger partial charge in [0.15, 0.2) is 0 Å². The minimum absolute atomic E-state index is 0. The fourth-order valence-corrected chi connectivity index (χ4v) is 1.51. The molecule has 0 unspecified atom stereocenters. The van der Waals surface area contributed by atoms with Crippen molar-refractivity contribution in [1.29, 1.82) is 0 Å². The lowest BCUT2D eigenvalue weighted by Crippen LogP contribution is -3.00. The van der Waals surface area contributed by atoms with Crippen molar-refractivity contribution >= 4 is 0 Å². The Morgan fingerprint density at radius 2 is 2.06 bits per heavy atom. The molecule has 0 N–H and O–H groups in total. The monoisotopic (exact) mass is 246 g/mol. The lowest BCUT2D eigenvalue weighted by Gasteiger charge is -2.19. The van der Waals surface area contributed by atoms with E-state index in [0.29, 0.717) is 0 Å². The van der Waals surface area contributed by atoms with E-state index < -0.39 is 0 Å². The van der Waals surface area contributed by atoms with E-state index in [1.54, 1.807) is 7.11 Å². The van der Waals surface area contributed by atoms with Crippen LogP contribution in [0.1, 0.15) is 33.6 Å². The predicted octanol–water partition coefficient (Wildman–Crippen LogP) is -0.995. The summed E-state index contributed by atoms with van der Waals surface area (Å²) >= 11 is 0. The van der Waals surface area contributed by atoms with Crippen molar-refractivity contribution in [3.63, 3.8) is 0 Å². The van der Waals surface area contributed by atoms with Crippen LogP contribution in [0, 0.1) is 0 Å². The quantitative estimate of drug-likeness (QED) is 0.590. The zero-order valence-electron chi connectivity index (χ0n) is 10.7. The maximum Gasteiger partial charge on any atom is 0.243 e. The van der Waals surface area contributed by atoms with Crippen molar-refractivity contribution in [3.05, 3.63) is 18.7 Å². The molecule has 1 aromatic heterocycles. The van der Waals surface area contributed by atoms with Crippen molar-refractivity contribution in [1.82, 2.24) is 4.57 Å². The average molecular weight is 247 g/mol. The van der Waals surface area contributed by atoms with Gasteiger partial charge in [0.2, 0.25) is 6.33 Å². The number of rotatable bonds is 6. The van der Waals surface area contributed by atoms with E-state index in [2.05, 4.69) is 48.6 Å². The van der Waals surface area contributed by atoms with Gasteiger partial charge in [-0.1, -0.05) is 13.3 Å². The van der Waals surface area contributed by atoms with Gasteiger partial charge in [0.1, 0.15) is 18.9 Å². The number of methoxy groups -OCH3 is 1. The van der Waals surface area contributed by atoms with E-state index in [0.717, 1.165) is 13.1 Å². The SMILES string of the molecule is CCCCn1cc[n+](CC(C)(C)OC)c1.[Cl-]. The first-order valence-electron chi connectivity index (χ1n) is 5.67. The summed E-state index contributed by atoms with van der Waals surface area (Å²) in [7, 11) is 1.76. The van der Waals surface area contributed by atoms with Gasteiger partial charge in [-0.2, -0.15) is 0 Å². The molecule has 0 atom stereocenters. The second-order valence-electron chi connectivity index (χ2n) is 4.64. The summed E-state index contributed by atoms with van der Waals surface area (Å²) in [5.41, 5.74) is -0.0956. The number of halogens is 1. The molecule has 0 aromatic carbocycles. The molecule has 0 bridgehead atoms. The molecule has 0 spiro atoms. The van der Waals surface area contributed by atoms with E-state index in [-0.39, 0.29) is 18.0 Å². The van der Waals surface area contributed by atoms with Crippen molar-refractivity contribution in [2.75, 3.05) is 7.11 Å². The van der Waals surface area contributed by atoms with E-state index in [1.807, 2.05) is 0 Å². The summed E-state index contributed by atoms with van der Waals surface area (Å²) in [6.45, 7) is 8.41. The van der Waals surface area contributed by atoms with Gasteiger partial charge < -0.3 is 17.1 Å². The van der Waals surface area contributed by atoms with Crippen LogP contribution in [-0.2, 0) is 17.8 Å². The Balaban J connectivity index is 0.00000225. The van der Waals surface area contributed by atoms with Crippen molar-refractivity contribution in [2.24, 2.45) is 0 Å². The third-order valence-electron chi connectivity index (χ3n) is 2.63. The van der Waals surface area contributed by atoms with Gasteiger partial charge in [-0.15, -0.1) is 0 Å². The Kier molecular flexibility index (Phi) is 6.68. The summed E-state index contributed by atoms with van der Waals surface area (Å²) in [5, 5.41) is 0. The fourth-order valence-electron chi connectivity index (χ4n) is 1.51. The van der Waals surface area contributed by atoms with Gasteiger partial charge in [-0.3, -0.25) is 0 Å². The Morgan fingerprint density at radius 1 is 1.38 bits per heavy atom. The van der Waals surface area contributed by atoms with Gasteiger partial charge in [-0.05, 0) is 20.3 Å². The van der Waals surface area contributed by atoms with Crippen molar-refractivity contribution < 1.29 is 21.7 Å². The van der Waals surface area contributed by atoms with Crippen molar-refractivity contribution in [2.45, 2.75) is 52.3 Å². The molecule has 16 heavy (non-hydrogen) atoms. The minimum atomic E-state index is -0.0956. The van der Waals surface area contributed by atoms with Crippen LogP contribution in [0.4, 0.5) is 0 Å². The number of nitrogens with zero attached hydrogens (tertiary/aromatic N) is 2. The predicted molar refractivity (Wildman–Crippen MR) is 60.6 cm³/mol. The van der Waals surface area contributed by atoms with Gasteiger partial charge in [-0.25, -0.2) is 9.13 Å². The zero-order chi connectivity index (χ0) is 11.3. The first-order valence-corrected chi connectivity index (χ1v) is 5.67. The Bertz CT molecular complexity index is 297. The van der Waals surface area contributed by atoms with Gasteiger partial charge in [0, 0.05) is 7.11 Å². The minimum Gasteiger partial charge on any atom is -1.00 e. The second kappa shape index (κ2) is 6.92. The lowest BCUT2D eigenvalue weighted by molar-refractivity contribution is -0.708. The fraction of sp³-hybridized carbons (Fsp3) is 0.750. The maximum absolute atomic E-state index is 5.40. The summed E-state index contributed by atoms with van der Waals surface area (Å²) in [5.74, 6) is 0. The first-order chi connectivity index (χ1) is 7.07. The van der Waals surface area contributed by atoms with Crippen LogP contribution in [0.25, 0.3) is 0 Å². The number of aromatic nitrogens is 2. The maximum atomic E-state index is 5.40. The van der Waals surface area contributed by atoms with Crippen LogP contribution >= 0.6 is 0 Å². The summed E-state index contributed by atoms with van der Waals surface area (Å²) in [6.07, 6.45) is 8.86. The Morgan fingerprint density at radius 3 is 2.62 bits per heavy atom. The molecular weight excluding hydrogens is 224 g/mol. The van der Waals surface area contributed by atoms with Gasteiger partial charge in [0.25, 0.3) is 0 Å². The van der Waals surface area contributed by atoms with E-state index in [1.165, 1.54) is 12.8 Å². The van der Waals surface area contributed by atoms with E-state index >= 15 is 0 Å². The van der Waals surface area contributed by atoms with Crippen LogP contribution in [0.2, 0.25) is 0 Å². The molecule has 4 heteroatoms. The molecule has 0 aliphatic carbocycles. The molecule has 0 radical (unpaired) electrons. The normalized spacial score (nSPS) is 11.2. The number of imidazole rings is 1. The summed E-state index contributed by atoms with van der Waals surface area (Å²) < 4.78 is 9.81. The highest BCUT2D eigenvalue weighted by Gasteiger charge is 2.20. The molecule has 1 heterocycles.